The van der Waals surface area contributed by atoms with Gasteiger partial charge in [0.15, 0.2) is 0 Å². The van der Waals surface area contributed by atoms with E-state index in [0.29, 0.717) is 6.61 Å². The number of benzene rings is 3. The largest absolute Gasteiger partial charge is 0.488 e. The van der Waals surface area contributed by atoms with Gasteiger partial charge in [0.1, 0.15) is 23.9 Å². The van der Waals surface area contributed by atoms with Gasteiger partial charge in [-0.2, -0.15) is 0 Å². The second-order valence-corrected chi connectivity index (χ2v) is 9.17. The minimum Gasteiger partial charge on any atom is -0.488 e. The summed E-state index contributed by atoms with van der Waals surface area (Å²) in [5.74, 6) is 2.46. The van der Waals surface area contributed by atoms with Gasteiger partial charge in [-0.3, -0.25) is 4.90 Å². The summed E-state index contributed by atoms with van der Waals surface area (Å²) in [7, 11) is 0. The van der Waals surface area contributed by atoms with E-state index in [1.165, 1.54) is 0 Å². The Morgan fingerprint density at radius 3 is 2.17 bits per heavy atom. The Morgan fingerprint density at radius 1 is 0.829 bits per heavy atom. The zero-order valence-electron chi connectivity index (χ0n) is 20.9. The highest BCUT2D eigenvalue weighted by molar-refractivity contribution is 5.58. The number of rotatable bonds is 10. The molecule has 0 saturated carbocycles. The number of aliphatic hydroxyl groups excluding tert-OH is 1. The molecule has 0 aliphatic carbocycles. The van der Waals surface area contributed by atoms with Gasteiger partial charge in [0.2, 0.25) is 6.79 Å². The summed E-state index contributed by atoms with van der Waals surface area (Å²) in [6, 6.07) is 22.2. The van der Waals surface area contributed by atoms with Crippen molar-refractivity contribution in [1.29, 1.82) is 0 Å². The Bertz CT molecular complexity index is 1060. The minimum absolute atomic E-state index is 0.127. The van der Waals surface area contributed by atoms with Crippen LogP contribution < -0.4 is 19.1 Å². The van der Waals surface area contributed by atoms with Crippen LogP contribution in [-0.4, -0.2) is 55.6 Å². The van der Waals surface area contributed by atoms with E-state index in [4.69, 9.17) is 14.2 Å². The second-order valence-electron chi connectivity index (χ2n) is 9.17. The van der Waals surface area contributed by atoms with Crippen LogP contribution in [0.3, 0.4) is 0 Å². The number of para-hydroxylation sites is 2. The van der Waals surface area contributed by atoms with Crippen molar-refractivity contribution in [3.63, 3.8) is 0 Å². The molecule has 1 N–H and O–H groups in total. The van der Waals surface area contributed by atoms with Gasteiger partial charge in [0.05, 0.1) is 11.8 Å². The summed E-state index contributed by atoms with van der Waals surface area (Å²) >= 11 is 0. The molecule has 3 aromatic rings. The molecule has 186 valence electrons. The van der Waals surface area contributed by atoms with Gasteiger partial charge in [-0.25, -0.2) is 0 Å². The lowest BCUT2D eigenvalue weighted by Crippen LogP contribution is -2.48. The van der Waals surface area contributed by atoms with Crippen molar-refractivity contribution in [1.82, 2.24) is 4.90 Å². The first kappa shape index (κ1) is 24.9. The third-order valence-corrected chi connectivity index (χ3v) is 6.20. The summed E-state index contributed by atoms with van der Waals surface area (Å²) < 4.78 is 18.1. The first-order valence-electron chi connectivity index (χ1n) is 12.3. The number of hydrogen-bond donors (Lipinski definition) is 1. The van der Waals surface area contributed by atoms with Crippen molar-refractivity contribution < 1.29 is 19.3 Å². The van der Waals surface area contributed by atoms with Crippen LogP contribution in [0.4, 0.5) is 5.69 Å². The number of nitrogens with zero attached hydrogens (tertiary/aromatic N) is 2. The molecular formula is C29H36N2O4. The van der Waals surface area contributed by atoms with Crippen LogP contribution in [0.2, 0.25) is 0 Å². The number of β-amino-alcohol motifs (C(OH)–C–C–N with tert-alkyl or cyclic N) is 1. The first-order chi connectivity index (χ1) is 17.0. The van der Waals surface area contributed by atoms with Crippen molar-refractivity contribution >= 4 is 5.69 Å². The van der Waals surface area contributed by atoms with Crippen LogP contribution in [0.1, 0.15) is 23.6 Å². The molecule has 4 rings (SSSR count). The number of aliphatic hydroxyl groups is 1. The number of piperazine rings is 1. The molecule has 1 aliphatic heterocycles. The molecule has 1 saturated heterocycles. The van der Waals surface area contributed by atoms with Crippen molar-refractivity contribution in [2.45, 2.75) is 33.5 Å². The third kappa shape index (κ3) is 6.90. The summed E-state index contributed by atoms with van der Waals surface area (Å²) in [6.07, 6.45) is -0.300. The molecule has 0 amide bonds. The maximum atomic E-state index is 9.65. The minimum atomic E-state index is -0.300. The zero-order valence-corrected chi connectivity index (χ0v) is 20.9. The molecular weight excluding hydrogens is 440 g/mol. The first-order valence-corrected chi connectivity index (χ1v) is 12.3. The number of hydrogen-bond acceptors (Lipinski definition) is 6. The topological polar surface area (TPSA) is 54.4 Å². The number of ether oxygens (including phenoxy) is 3. The van der Waals surface area contributed by atoms with Gasteiger partial charge >= 0.3 is 0 Å². The predicted molar refractivity (Wildman–Crippen MR) is 140 cm³/mol. The SMILES string of the molecule is Cc1cc(OCOc2ccccc2N2CCN(CC(C)O)CC2)cc(C)c1OCc1ccccc1. The molecule has 1 atom stereocenters. The Labute approximate surface area is 208 Å². The highest BCUT2D eigenvalue weighted by atomic mass is 16.7. The predicted octanol–water partition coefficient (Wildman–Crippen LogP) is 4.80. The quantitative estimate of drug-likeness (QED) is 0.424. The van der Waals surface area contributed by atoms with Crippen LogP contribution >= 0.6 is 0 Å². The fourth-order valence-electron chi connectivity index (χ4n) is 4.50. The lowest BCUT2D eigenvalue weighted by molar-refractivity contribution is 0.117. The third-order valence-electron chi connectivity index (χ3n) is 6.20. The molecule has 35 heavy (non-hydrogen) atoms. The molecule has 0 bridgehead atoms. The smallest absolute Gasteiger partial charge is 0.230 e. The molecule has 6 heteroatoms. The van der Waals surface area contributed by atoms with Gasteiger partial charge in [-0.05, 0) is 61.7 Å². The van der Waals surface area contributed by atoms with E-state index in [2.05, 4.69) is 28.0 Å². The van der Waals surface area contributed by atoms with E-state index < -0.39 is 0 Å². The molecule has 1 heterocycles. The molecule has 0 spiro atoms. The summed E-state index contributed by atoms with van der Waals surface area (Å²) in [4.78, 5) is 4.63. The fraction of sp³-hybridized carbons (Fsp3) is 0.379. The fourth-order valence-corrected chi connectivity index (χ4v) is 4.50. The van der Waals surface area contributed by atoms with Crippen LogP contribution in [0, 0.1) is 13.8 Å². The molecule has 0 radical (unpaired) electrons. The van der Waals surface area contributed by atoms with Crippen molar-refractivity contribution in [3.8, 4) is 17.2 Å². The van der Waals surface area contributed by atoms with Crippen molar-refractivity contribution in [2.24, 2.45) is 0 Å². The maximum absolute atomic E-state index is 9.65. The summed E-state index contributed by atoms with van der Waals surface area (Å²) in [5, 5.41) is 9.65. The van der Waals surface area contributed by atoms with E-state index >= 15 is 0 Å². The molecule has 1 fully saturated rings. The average Bonchev–Trinajstić information content (AvgIpc) is 2.85. The summed E-state index contributed by atoms with van der Waals surface area (Å²) in [6.45, 7) is 10.9. The van der Waals surface area contributed by atoms with Gasteiger partial charge in [-0.1, -0.05) is 42.5 Å². The normalized spacial score (nSPS) is 15.0. The van der Waals surface area contributed by atoms with Gasteiger partial charge < -0.3 is 24.2 Å². The Morgan fingerprint density at radius 2 is 1.49 bits per heavy atom. The highest BCUT2D eigenvalue weighted by Crippen LogP contribution is 2.31. The van der Waals surface area contributed by atoms with E-state index in [9.17, 15) is 5.11 Å². The second kappa shape index (κ2) is 12.0. The summed E-state index contributed by atoms with van der Waals surface area (Å²) in [5.41, 5.74) is 4.28. The molecule has 3 aromatic carbocycles. The number of aryl methyl sites for hydroxylation is 2. The Kier molecular flexibility index (Phi) is 8.50. The highest BCUT2D eigenvalue weighted by Gasteiger charge is 2.20. The van der Waals surface area contributed by atoms with Gasteiger partial charge in [-0.15, -0.1) is 0 Å². The van der Waals surface area contributed by atoms with E-state index in [1.54, 1.807) is 0 Å². The van der Waals surface area contributed by atoms with Crippen LogP contribution in [0.15, 0.2) is 66.7 Å². The molecule has 1 unspecified atom stereocenters. The Balaban J connectivity index is 1.32. The molecule has 6 nitrogen and oxygen atoms in total. The van der Waals surface area contributed by atoms with Gasteiger partial charge in [0.25, 0.3) is 0 Å². The number of anilines is 1. The lowest BCUT2D eigenvalue weighted by Gasteiger charge is -2.37. The van der Waals surface area contributed by atoms with Crippen LogP contribution in [-0.2, 0) is 6.61 Å². The van der Waals surface area contributed by atoms with E-state index in [1.807, 2.05) is 69.3 Å². The lowest BCUT2D eigenvalue weighted by atomic mass is 10.1. The standard InChI is InChI=1S/C29H36N2O4/c1-22-17-26(18-23(2)29(22)33-20-25-9-5-4-6-10-25)34-21-35-28-12-8-7-11-27(28)31-15-13-30(14-16-31)19-24(3)32/h4-12,17-18,24,32H,13-16,19-21H2,1-3H3. The molecule has 1 aliphatic rings. The van der Waals surface area contributed by atoms with Crippen LogP contribution in [0.5, 0.6) is 17.2 Å². The zero-order chi connectivity index (χ0) is 24.6. The van der Waals surface area contributed by atoms with E-state index in [0.717, 1.165) is 72.4 Å². The maximum Gasteiger partial charge on any atom is 0.230 e. The van der Waals surface area contributed by atoms with Crippen molar-refractivity contribution in [3.05, 3.63) is 83.4 Å². The Hall–Kier alpha value is -3.22. The van der Waals surface area contributed by atoms with E-state index in [-0.39, 0.29) is 12.9 Å². The van der Waals surface area contributed by atoms with Gasteiger partial charge in [0, 0.05) is 32.7 Å². The van der Waals surface area contributed by atoms with Crippen LogP contribution in [0.25, 0.3) is 0 Å². The average molecular weight is 477 g/mol. The van der Waals surface area contributed by atoms with Crippen molar-refractivity contribution in [2.75, 3.05) is 44.4 Å². The molecule has 0 aromatic heterocycles. The monoisotopic (exact) mass is 476 g/mol.